The van der Waals surface area contributed by atoms with Gasteiger partial charge >= 0.3 is 5.97 Å². The van der Waals surface area contributed by atoms with E-state index in [-0.39, 0.29) is 27.9 Å². The zero-order chi connectivity index (χ0) is 12.3. The summed E-state index contributed by atoms with van der Waals surface area (Å²) in [6, 6.07) is 2.40. The number of nitro groups is 1. The number of rotatable bonds is 3. The number of nitro benzene ring substituents is 1. The van der Waals surface area contributed by atoms with Gasteiger partial charge in [-0.1, -0.05) is 30.1 Å². The minimum Gasteiger partial charge on any atom is -0.423 e. The number of benzene rings is 1. The van der Waals surface area contributed by atoms with Crippen LogP contribution in [0.5, 0.6) is 5.75 Å². The minimum atomic E-state index is -0.679. The highest BCUT2D eigenvalue weighted by Gasteiger charge is 2.21. The number of halogens is 2. The summed E-state index contributed by atoms with van der Waals surface area (Å²) in [5, 5.41) is 10.4. The van der Waals surface area contributed by atoms with E-state index in [0.717, 1.165) is 6.07 Å². The van der Waals surface area contributed by atoms with Gasteiger partial charge in [-0.15, -0.1) is 0 Å². The predicted molar refractivity (Wildman–Crippen MR) is 59.0 cm³/mol. The van der Waals surface area contributed by atoms with E-state index < -0.39 is 10.9 Å². The first-order valence-electron chi connectivity index (χ1n) is 4.30. The third-order valence-electron chi connectivity index (χ3n) is 1.73. The molecular weight excluding hydrogens is 257 g/mol. The quantitative estimate of drug-likeness (QED) is 0.363. The Morgan fingerprint density at radius 1 is 1.50 bits per heavy atom. The van der Waals surface area contributed by atoms with Gasteiger partial charge in [0.05, 0.1) is 9.95 Å². The molecule has 1 aromatic carbocycles. The average Bonchev–Trinajstić information content (AvgIpc) is 2.23. The van der Waals surface area contributed by atoms with Crippen molar-refractivity contribution < 1.29 is 14.5 Å². The molecule has 0 unspecified atom stereocenters. The van der Waals surface area contributed by atoms with Gasteiger partial charge in [-0.05, 0) is 6.07 Å². The van der Waals surface area contributed by atoms with E-state index in [2.05, 4.69) is 0 Å². The van der Waals surface area contributed by atoms with Crippen LogP contribution in [0.25, 0.3) is 0 Å². The van der Waals surface area contributed by atoms with Gasteiger partial charge in [0.1, 0.15) is 0 Å². The number of hydrogen-bond donors (Lipinski definition) is 0. The average molecular weight is 264 g/mol. The molecule has 1 rings (SSSR count). The predicted octanol–water partition coefficient (Wildman–Crippen LogP) is 3.22. The normalized spacial score (nSPS) is 9.94. The molecule has 0 atom stereocenters. The van der Waals surface area contributed by atoms with Crippen molar-refractivity contribution >= 4 is 34.9 Å². The van der Waals surface area contributed by atoms with Gasteiger partial charge in [-0.2, -0.15) is 0 Å². The molecule has 5 nitrogen and oxygen atoms in total. The molecule has 0 radical (unpaired) electrons. The zero-order valence-corrected chi connectivity index (χ0v) is 9.71. The van der Waals surface area contributed by atoms with Crippen LogP contribution in [0.4, 0.5) is 5.69 Å². The van der Waals surface area contributed by atoms with Crippen LogP contribution in [-0.4, -0.2) is 10.9 Å². The summed E-state index contributed by atoms with van der Waals surface area (Å²) in [5.74, 6) is -0.742. The molecule has 86 valence electrons. The molecule has 0 N–H and O–H groups in total. The number of carbonyl (C=O) groups excluding carboxylic acids is 1. The van der Waals surface area contributed by atoms with Crippen LogP contribution < -0.4 is 4.74 Å². The first-order chi connectivity index (χ1) is 7.47. The summed E-state index contributed by atoms with van der Waals surface area (Å²) in [6.45, 7) is 1.58. The molecule has 0 amide bonds. The van der Waals surface area contributed by atoms with Crippen molar-refractivity contribution in [2.75, 3.05) is 0 Å². The van der Waals surface area contributed by atoms with Crippen LogP contribution in [0, 0.1) is 10.1 Å². The van der Waals surface area contributed by atoms with E-state index in [1.807, 2.05) is 0 Å². The van der Waals surface area contributed by atoms with Crippen molar-refractivity contribution in [1.82, 2.24) is 0 Å². The Hall–Kier alpha value is -1.33. The lowest BCUT2D eigenvalue weighted by molar-refractivity contribution is -0.384. The van der Waals surface area contributed by atoms with E-state index in [1.165, 1.54) is 6.07 Å². The van der Waals surface area contributed by atoms with Gasteiger partial charge in [0, 0.05) is 12.5 Å². The maximum Gasteiger partial charge on any atom is 0.311 e. The fourth-order valence-electron chi connectivity index (χ4n) is 0.943. The van der Waals surface area contributed by atoms with Crippen LogP contribution in [0.2, 0.25) is 10.0 Å². The highest BCUT2D eigenvalue weighted by molar-refractivity contribution is 6.38. The molecule has 1 aromatic rings. The van der Waals surface area contributed by atoms with Crippen LogP contribution in [0.3, 0.4) is 0 Å². The molecule has 16 heavy (non-hydrogen) atoms. The van der Waals surface area contributed by atoms with E-state index in [0.29, 0.717) is 0 Å². The second-order valence-electron chi connectivity index (χ2n) is 2.79. The maximum atomic E-state index is 11.1. The lowest BCUT2D eigenvalue weighted by Gasteiger charge is -2.06. The van der Waals surface area contributed by atoms with Crippen molar-refractivity contribution in [2.24, 2.45) is 0 Å². The lowest BCUT2D eigenvalue weighted by atomic mass is 10.3. The largest absolute Gasteiger partial charge is 0.423 e. The smallest absolute Gasteiger partial charge is 0.311 e. The summed E-state index contributed by atoms with van der Waals surface area (Å²) < 4.78 is 4.81. The number of ether oxygens (including phenoxy) is 1. The van der Waals surface area contributed by atoms with Crippen LogP contribution in [0.1, 0.15) is 13.3 Å². The number of carbonyl (C=O) groups is 1. The van der Waals surface area contributed by atoms with Gasteiger partial charge in [0.15, 0.2) is 10.8 Å². The fraction of sp³-hybridized carbons (Fsp3) is 0.222. The van der Waals surface area contributed by atoms with Crippen molar-refractivity contribution in [3.05, 3.63) is 32.3 Å². The molecule has 0 heterocycles. The first kappa shape index (κ1) is 12.7. The molecule has 0 bridgehead atoms. The molecule has 0 saturated carbocycles. The number of esters is 1. The molecule has 0 aliphatic rings. The molecule has 0 saturated heterocycles. The van der Waals surface area contributed by atoms with Crippen molar-refractivity contribution in [3.63, 3.8) is 0 Å². The summed E-state index contributed by atoms with van der Waals surface area (Å²) in [5.41, 5.74) is -0.357. The summed E-state index contributed by atoms with van der Waals surface area (Å²) in [4.78, 5) is 21.0. The fourth-order valence-corrected chi connectivity index (χ4v) is 1.46. The van der Waals surface area contributed by atoms with E-state index >= 15 is 0 Å². The van der Waals surface area contributed by atoms with Gasteiger partial charge in [-0.25, -0.2) is 0 Å². The lowest BCUT2D eigenvalue weighted by Crippen LogP contribution is -2.07. The first-order valence-corrected chi connectivity index (χ1v) is 5.06. The molecule has 0 fully saturated rings. The van der Waals surface area contributed by atoms with Crippen molar-refractivity contribution in [3.8, 4) is 5.75 Å². The Kier molecular flexibility index (Phi) is 4.09. The van der Waals surface area contributed by atoms with Crippen molar-refractivity contribution in [1.29, 1.82) is 0 Å². The minimum absolute atomic E-state index is 0.0531. The van der Waals surface area contributed by atoms with Gasteiger partial charge in [-0.3, -0.25) is 14.9 Å². The van der Waals surface area contributed by atoms with Crippen molar-refractivity contribution in [2.45, 2.75) is 13.3 Å². The Bertz CT molecular complexity index is 447. The van der Waals surface area contributed by atoms with Crippen LogP contribution >= 0.6 is 23.2 Å². The standard InChI is InChI=1S/C9H7Cl2NO4/c1-2-7(13)16-9-5(10)3-4-6(8(9)11)12(14)15/h3-4H,2H2,1H3. The van der Waals surface area contributed by atoms with E-state index in [4.69, 9.17) is 27.9 Å². The molecule has 0 spiro atoms. The Morgan fingerprint density at radius 3 is 2.62 bits per heavy atom. The molecule has 0 aliphatic heterocycles. The maximum absolute atomic E-state index is 11.1. The highest BCUT2D eigenvalue weighted by atomic mass is 35.5. The summed E-state index contributed by atoms with van der Waals surface area (Å²) in [6.07, 6.45) is 0.120. The Balaban J connectivity index is 3.21. The third kappa shape index (κ3) is 2.62. The van der Waals surface area contributed by atoms with E-state index in [9.17, 15) is 14.9 Å². The van der Waals surface area contributed by atoms with Crippen LogP contribution in [-0.2, 0) is 4.79 Å². The second-order valence-corrected chi connectivity index (χ2v) is 3.58. The zero-order valence-electron chi connectivity index (χ0n) is 8.20. The monoisotopic (exact) mass is 263 g/mol. The molecule has 0 aliphatic carbocycles. The molecular formula is C9H7Cl2NO4. The Morgan fingerprint density at radius 2 is 2.12 bits per heavy atom. The SMILES string of the molecule is CCC(=O)Oc1c(Cl)ccc([N+](=O)[O-])c1Cl. The van der Waals surface area contributed by atoms with Gasteiger partial charge in [0.25, 0.3) is 5.69 Å². The highest BCUT2D eigenvalue weighted by Crippen LogP contribution is 2.39. The second kappa shape index (κ2) is 5.14. The van der Waals surface area contributed by atoms with E-state index in [1.54, 1.807) is 6.92 Å². The van der Waals surface area contributed by atoms with Crippen LogP contribution in [0.15, 0.2) is 12.1 Å². The topological polar surface area (TPSA) is 69.4 Å². The summed E-state index contributed by atoms with van der Waals surface area (Å²) >= 11 is 11.4. The molecule has 7 heteroatoms. The molecule has 0 aromatic heterocycles. The third-order valence-corrected chi connectivity index (χ3v) is 2.39. The Labute approximate surface area is 101 Å². The number of hydrogen-bond acceptors (Lipinski definition) is 4. The summed E-state index contributed by atoms with van der Waals surface area (Å²) in [7, 11) is 0. The van der Waals surface area contributed by atoms with Gasteiger partial charge < -0.3 is 4.74 Å². The van der Waals surface area contributed by atoms with Gasteiger partial charge in [0.2, 0.25) is 0 Å². The number of nitrogens with zero attached hydrogens (tertiary/aromatic N) is 1.